The first kappa shape index (κ1) is 14.5. The number of carboxylic acid groups (broad SMARTS) is 1. The minimum atomic E-state index is -0.855. The van der Waals surface area contributed by atoms with Crippen LogP contribution in [0.3, 0.4) is 0 Å². The molecule has 17 heavy (non-hydrogen) atoms. The van der Waals surface area contributed by atoms with E-state index in [4.69, 9.17) is 0 Å². The molecule has 0 bridgehead atoms. The second-order valence-corrected chi connectivity index (χ2v) is 5.93. The molecular weight excluding hydrogens is 216 g/mol. The first-order chi connectivity index (χ1) is 7.83. The van der Waals surface area contributed by atoms with Crippen LogP contribution in [0.4, 0.5) is 0 Å². The van der Waals surface area contributed by atoms with Gasteiger partial charge < -0.3 is 10.0 Å². The van der Waals surface area contributed by atoms with Crippen LogP contribution in [0.1, 0.15) is 40.0 Å². The van der Waals surface area contributed by atoms with Gasteiger partial charge in [0.05, 0.1) is 0 Å². The number of carbonyl (C=O) groups is 1. The maximum Gasteiger partial charge on any atom is 0.324 e. The zero-order valence-corrected chi connectivity index (χ0v) is 11.5. The Kier molecular flexibility index (Phi) is 4.95. The highest BCUT2D eigenvalue weighted by Crippen LogP contribution is 2.27. The molecule has 0 saturated heterocycles. The second-order valence-electron chi connectivity index (χ2n) is 5.93. The van der Waals surface area contributed by atoms with Crippen LogP contribution in [0, 0.1) is 5.92 Å². The Hall–Kier alpha value is -0.610. The molecule has 0 radical (unpaired) electrons. The molecule has 1 fully saturated rings. The molecule has 4 nitrogen and oxygen atoms in total. The average Bonchev–Trinajstić information content (AvgIpc) is 2.09. The van der Waals surface area contributed by atoms with Gasteiger partial charge in [0.25, 0.3) is 0 Å². The van der Waals surface area contributed by atoms with Crippen LogP contribution in [0.2, 0.25) is 0 Å². The largest absolute Gasteiger partial charge is 0.480 e. The quantitative estimate of drug-likeness (QED) is 0.711. The minimum Gasteiger partial charge on any atom is -0.480 e. The predicted molar refractivity (Wildman–Crippen MR) is 69.2 cm³/mol. The molecule has 1 saturated carbocycles. The summed E-state index contributed by atoms with van der Waals surface area (Å²) in [4.78, 5) is 13.5. The maximum atomic E-state index is 11.4. The lowest BCUT2D eigenvalue weighted by Gasteiger charge is -2.36. The van der Waals surface area contributed by atoms with E-state index in [2.05, 4.69) is 10.2 Å². The van der Waals surface area contributed by atoms with Crippen molar-refractivity contribution in [3.8, 4) is 0 Å². The van der Waals surface area contributed by atoms with Gasteiger partial charge in [-0.3, -0.25) is 10.1 Å². The Bertz CT molecular complexity index is 264. The summed E-state index contributed by atoms with van der Waals surface area (Å²) < 4.78 is 0. The van der Waals surface area contributed by atoms with E-state index >= 15 is 0 Å². The van der Waals surface area contributed by atoms with Crippen molar-refractivity contribution in [3.63, 3.8) is 0 Å². The van der Waals surface area contributed by atoms with Gasteiger partial charge in [-0.1, -0.05) is 6.42 Å². The molecule has 0 amide bonds. The van der Waals surface area contributed by atoms with Crippen molar-refractivity contribution in [2.45, 2.75) is 51.6 Å². The molecule has 1 atom stereocenters. The summed E-state index contributed by atoms with van der Waals surface area (Å²) in [5.74, 6) is 0.00348. The number of aliphatic carboxylic acids is 1. The van der Waals surface area contributed by atoms with Crippen LogP contribution in [-0.4, -0.2) is 47.7 Å². The summed E-state index contributed by atoms with van der Waals surface area (Å²) in [6.07, 6.45) is 3.93. The molecule has 0 aromatic rings. The van der Waals surface area contributed by atoms with Crippen LogP contribution >= 0.6 is 0 Å². The van der Waals surface area contributed by atoms with Crippen molar-refractivity contribution in [3.05, 3.63) is 0 Å². The van der Waals surface area contributed by atoms with E-state index < -0.39 is 11.5 Å². The van der Waals surface area contributed by atoms with Crippen LogP contribution in [0.5, 0.6) is 0 Å². The molecule has 2 N–H and O–H groups in total. The second kappa shape index (κ2) is 5.83. The van der Waals surface area contributed by atoms with Crippen molar-refractivity contribution in [2.24, 2.45) is 5.92 Å². The lowest BCUT2D eigenvalue weighted by atomic mass is 9.85. The first-order valence-corrected chi connectivity index (χ1v) is 6.53. The molecule has 0 aromatic heterocycles. The molecule has 4 heteroatoms. The fraction of sp³-hybridized carbons (Fsp3) is 0.923. The van der Waals surface area contributed by atoms with E-state index in [1.165, 1.54) is 19.3 Å². The summed E-state index contributed by atoms with van der Waals surface area (Å²) in [7, 11) is 2.02. The van der Waals surface area contributed by atoms with Crippen molar-refractivity contribution in [1.82, 2.24) is 10.2 Å². The number of nitrogens with one attached hydrogen (secondary N) is 1. The van der Waals surface area contributed by atoms with Crippen LogP contribution in [-0.2, 0) is 4.79 Å². The van der Waals surface area contributed by atoms with Gasteiger partial charge in [0.1, 0.15) is 5.54 Å². The van der Waals surface area contributed by atoms with Crippen LogP contribution < -0.4 is 5.32 Å². The van der Waals surface area contributed by atoms with Gasteiger partial charge in [-0.25, -0.2) is 0 Å². The van der Waals surface area contributed by atoms with Crippen molar-refractivity contribution in [2.75, 3.05) is 20.1 Å². The minimum absolute atomic E-state index is 0.174. The van der Waals surface area contributed by atoms with E-state index in [-0.39, 0.29) is 6.04 Å². The van der Waals surface area contributed by atoms with E-state index in [0.29, 0.717) is 6.54 Å². The van der Waals surface area contributed by atoms with Gasteiger partial charge in [-0.2, -0.15) is 0 Å². The lowest BCUT2D eigenvalue weighted by Crippen LogP contribution is -2.58. The number of likely N-dealkylation sites (N-methyl/N-ethyl adjacent to an activating group) is 1. The fourth-order valence-corrected chi connectivity index (χ4v) is 2.53. The zero-order valence-electron chi connectivity index (χ0n) is 11.5. The Morgan fingerprint density at radius 1 is 1.53 bits per heavy atom. The van der Waals surface area contributed by atoms with E-state index in [1.54, 1.807) is 6.92 Å². The standard InChI is InChI=1S/C13H26N2O2/c1-10(2)14-13(3,12(16)17)9-15(4)8-11-6-5-7-11/h10-11,14H,5-9H2,1-4H3,(H,16,17). The summed E-state index contributed by atoms with van der Waals surface area (Å²) in [5, 5.41) is 12.5. The molecule has 0 aromatic carbocycles. The topological polar surface area (TPSA) is 52.6 Å². The van der Waals surface area contributed by atoms with Gasteiger partial charge in [0.15, 0.2) is 0 Å². The normalized spacial score (nSPS) is 20.4. The monoisotopic (exact) mass is 242 g/mol. The van der Waals surface area contributed by atoms with E-state index in [9.17, 15) is 9.90 Å². The van der Waals surface area contributed by atoms with Crippen LogP contribution in [0.15, 0.2) is 0 Å². The first-order valence-electron chi connectivity index (χ1n) is 6.53. The van der Waals surface area contributed by atoms with Gasteiger partial charge in [0.2, 0.25) is 0 Å². The van der Waals surface area contributed by atoms with Crippen molar-refractivity contribution in [1.29, 1.82) is 0 Å². The third kappa shape index (κ3) is 4.28. The number of nitrogens with zero attached hydrogens (tertiary/aromatic N) is 1. The van der Waals surface area contributed by atoms with Gasteiger partial charge >= 0.3 is 5.97 Å². The number of carboxylic acids is 1. The summed E-state index contributed by atoms with van der Waals surface area (Å²) in [6, 6.07) is 0.174. The lowest BCUT2D eigenvalue weighted by molar-refractivity contribution is -0.145. The Morgan fingerprint density at radius 2 is 2.12 bits per heavy atom. The highest BCUT2D eigenvalue weighted by Gasteiger charge is 2.35. The third-order valence-electron chi connectivity index (χ3n) is 3.46. The summed E-state index contributed by atoms with van der Waals surface area (Å²) in [5.41, 5.74) is -0.855. The number of rotatable bonds is 7. The smallest absolute Gasteiger partial charge is 0.324 e. The number of hydrogen-bond acceptors (Lipinski definition) is 3. The SMILES string of the molecule is CC(C)NC(C)(CN(C)CC1CCC1)C(=O)O. The molecule has 1 rings (SSSR count). The molecule has 1 aliphatic carbocycles. The predicted octanol–water partition coefficient (Wildman–Crippen LogP) is 1.56. The summed E-state index contributed by atoms with van der Waals surface area (Å²) >= 11 is 0. The van der Waals surface area contributed by atoms with Crippen LogP contribution in [0.25, 0.3) is 0 Å². The van der Waals surface area contributed by atoms with Crippen molar-refractivity contribution < 1.29 is 9.90 Å². The molecule has 100 valence electrons. The van der Waals surface area contributed by atoms with E-state index in [0.717, 1.165) is 12.5 Å². The molecule has 0 aliphatic heterocycles. The molecule has 1 aliphatic rings. The summed E-state index contributed by atoms with van der Waals surface area (Å²) in [6.45, 7) is 7.30. The van der Waals surface area contributed by atoms with Gasteiger partial charge in [0, 0.05) is 19.1 Å². The highest BCUT2D eigenvalue weighted by atomic mass is 16.4. The molecule has 0 heterocycles. The maximum absolute atomic E-state index is 11.4. The van der Waals surface area contributed by atoms with Gasteiger partial charge in [-0.15, -0.1) is 0 Å². The van der Waals surface area contributed by atoms with Gasteiger partial charge in [-0.05, 0) is 46.6 Å². The molecular formula is C13H26N2O2. The molecule has 0 spiro atoms. The van der Waals surface area contributed by atoms with E-state index in [1.807, 2.05) is 20.9 Å². The highest BCUT2D eigenvalue weighted by molar-refractivity contribution is 5.78. The van der Waals surface area contributed by atoms with Crippen molar-refractivity contribution >= 4 is 5.97 Å². The zero-order chi connectivity index (χ0) is 13.1. The number of hydrogen-bond donors (Lipinski definition) is 2. The Morgan fingerprint density at radius 3 is 2.47 bits per heavy atom. The Labute approximate surface area is 104 Å². The average molecular weight is 242 g/mol. The molecule has 1 unspecified atom stereocenters. The fourth-order valence-electron chi connectivity index (χ4n) is 2.53. The Balaban J connectivity index is 2.49. The third-order valence-corrected chi connectivity index (χ3v) is 3.46.